The number of carbonyl (C=O) groups is 3. The highest BCUT2D eigenvalue weighted by Crippen LogP contribution is 2.28. The summed E-state index contributed by atoms with van der Waals surface area (Å²) in [5.41, 5.74) is 0. The third-order valence-electron chi connectivity index (χ3n) is 7.80. The van der Waals surface area contributed by atoms with Gasteiger partial charge in [-0.25, -0.2) is 0 Å². The zero-order valence-electron chi connectivity index (χ0n) is 21.7. The molecule has 0 spiro atoms. The number of hydrogen-bond acceptors (Lipinski definition) is 3. The van der Waals surface area contributed by atoms with E-state index in [1.807, 2.05) is 23.6 Å². The first-order valence-corrected chi connectivity index (χ1v) is 13.7. The summed E-state index contributed by atoms with van der Waals surface area (Å²) in [4.78, 5) is 42.6. The lowest BCUT2D eigenvalue weighted by atomic mass is 9.96. The first-order valence-electron chi connectivity index (χ1n) is 13.7. The largest absolute Gasteiger partial charge is 0.344 e. The van der Waals surface area contributed by atoms with Gasteiger partial charge in [0, 0.05) is 38.5 Å². The Hall–Kier alpha value is -1.59. The first-order chi connectivity index (χ1) is 15.9. The summed E-state index contributed by atoms with van der Waals surface area (Å²) in [5.74, 6) is 0.991. The maximum absolute atomic E-state index is 13.4. The number of amides is 3. The minimum absolute atomic E-state index is 0.00508. The van der Waals surface area contributed by atoms with E-state index in [-0.39, 0.29) is 29.7 Å². The van der Waals surface area contributed by atoms with Crippen molar-refractivity contribution in [3.05, 3.63) is 0 Å². The fourth-order valence-electron chi connectivity index (χ4n) is 5.31. The van der Waals surface area contributed by atoms with E-state index in [9.17, 15) is 14.4 Å². The van der Waals surface area contributed by atoms with E-state index >= 15 is 0 Å². The standard InChI is InChI=1S/C27H49N3O3/c1-5-7-8-9-10-15-25(32)30-19-18-29(20-22(30)4)27(33)26(21(3)6-2)28-24(31)17-16-23-13-11-12-14-23/h21-23,26H,5-20H2,1-4H3,(H,28,31). The summed E-state index contributed by atoms with van der Waals surface area (Å²) in [5, 5.41) is 3.07. The molecular weight excluding hydrogens is 414 g/mol. The van der Waals surface area contributed by atoms with Crippen LogP contribution in [-0.2, 0) is 14.4 Å². The highest BCUT2D eigenvalue weighted by atomic mass is 16.2. The lowest BCUT2D eigenvalue weighted by molar-refractivity contribution is -0.145. The van der Waals surface area contributed by atoms with Crippen molar-refractivity contribution in [2.24, 2.45) is 11.8 Å². The van der Waals surface area contributed by atoms with Gasteiger partial charge in [-0.05, 0) is 31.6 Å². The van der Waals surface area contributed by atoms with Crippen molar-refractivity contribution in [3.63, 3.8) is 0 Å². The van der Waals surface area contributed by atoms with Crippen LogP contribution in [0.5, 0.6) is 0 Å². The molecule has 2 aliphatic rings. The average molecular weight is 464 g/mol. The summed E-state index contributed by atoms with van der Waals surface area (Å²) < 4.78 is 0. The van der Waals surface area contributed by atoms with E-state index in [1.165, 1.54) is 44.9 Å². The number of piperazine rings is 1. The van der Waals surface area contributed by atoms with Gasteiger partial charge in [0.2, 0.25) is 17.7 Å². The Bertz CT molecular complexity index is 618. The number of carbonyl (C=O) groups excluding carboxylic acids is 3. The normalized spacial score (nSPS) is 21.2. The van der Waals surface area contributed by atoms with Crippen molar-refractivity contribution in [3.8, 4) is 0 Å². The molecule has 1 saturated carbocycles. The molecule has 6 heteroatoms. The molecule has 3 amide bonds. The van der Waals surface area contributed by atoms with Crippen LogP contribution in [-0.4, -0.2) is 59.2 Å². The van der Waals surface area contributed by atoms with Gasteiger partial charge in [0.25, 0.3) is 0 Å². The number of nitrogens with one attached hydrogen (secondary N) is 1. The number of nitrogens with zero attached hydrogens (tertiary/aromatic N) is 2. The van der Waals surface area contributed by atoms with E-state index in [0.29, 0.717) is 38.4 Å². The number of rotatable bonds is 13. The molecule has 3 atom stereocenters. The molecule has 2 fully saturated rings. The van der Waals surface area contributed by atoms with Crippen molar-refractivity contribution in [1.29, 1.82) is 0 Å². The van der Waals surface area contributed by atoms with Gasteiger partial charge < -0.3 is 15.1 Å². The van der Waals surface area contributed by atoms with Crippen LogP contribution in [0.3, 0.4) is 0 Å². The van der Waals surface area contributed by atoms with Gasteiger partial charge in [0.15, 0.2) is 0 Å². The molecular formula is C27H49N3O3. The molecule has 6 nitrogen and oxygen atoms in total. The van der Waals surface area contributed by atoms with Crippen molar-refractivity contribution in [2.45, 2.75) is 123 Å². The fourth-order valence-corrected chi connectivity index (χ4v) is 5.31. The highest BCUT2D eigenvalue weighted by Gasteiger charge is 2.35. The molecule has 0 aromatic heterocycles. The Kier molecular flexibility index (Phi) is 12.3. The van der Waals surface area contributed by atoms with Crippen LogP contribution in [0.4, 0.5) is 0 Å². The molecule has 3 unspecified atom stereocenters. The number of unbranched alkanes of at least 4 members (excludes halogenated alkanes) is 4. The summed E-state index contributed by atoms with van der Waals surface area (Å²) >= 11 is 0. The predicted octanol–water partition coefficient (Wildman–Crippen LogP) is 4.91. The van der Waals surface area contributed by atoms with Gasteiger partial charge in [-0.1, -0.05) is 78.6 Å². The smallest absolute Gasteiger partial charge is 0.245 e. The maximum atomic E-state index is 13.4. The summed E-state index contributed by atoms with van der Waals surface area (Å²) in [6.07, 6.45) is 13.6. The molecule has 2 rings (SSSR count). The lowest BCUT2D eigenvalue weighted by Crippen LogP contribution is -2.60. The Labute approximate surface area is 202 Å². The van der Waals surface area contributed by atoms with Gasteiger partial charge in [-0.3, -0.25) is 14.4 Å². The molecule has 1 heterocycles. The molecule has 1 N–H and O–H groups in total. The second-order valence-corrected chi connectivity index (χ2v) is 10.5. The van der Waals surface area contributed by atoms with Gasteiger partial charge in [0.1, 0.15) is 6.04 Å². The molecule has 0 aromatic carbocycles. The minimum Gasteiger partial charge on any atom is -0.344 e. The van der Waals surface area contributed by atoms with Crippen LogP contribution in [0.1, 0.15) is 111 Å². The van der Waals surface area contributed by atoms with Crippen LogP contribution in [0, 0.1) is 11.8 Å². The SMILES string of the molecule is CCCCCCCC(=O)N1CCN(C(=O)C(NC(=O)CCC2CCCC2)C(C)CC)CC1C. The Morgan fingerprint density at radius 2 is 1.67 bits per heavy atom. The first kappa shape index (κ1) is 27.7. The Morgan fingerprint density at radius 3 is 2.30 bits per heavy atom. The third-order valence-corrected chi connectivity index (χ3v) is 7.80. The zero-order valence-corrected chi connectivity index (χ0v) is 21.7. The van der Waals surface area contributed by atoms with E-state index in [2.05, 4.69) is 19.2 Å². The van der Waals surface area contributed by atoms with Gasteiger partial charge in [-0.15, -0.1) is 0 Å². The second kappa shape index (κ2) is 14.6. The van der Waals surface area contributed by atoms with Crippen LogP contribution < -0.4 is 5.32 Å². The molecule has 0 radical (unpaired) electrons. The quantitative estimate of drug-likeness (QED) is 0.395. The van der Waals surface area contributed by atoms with Crippen molar-refractivity contribution >= 4 is 17.7 Å². The van der Waals surface area contributed by atoms with E-state index in [4.69, 9.17) is 0 Å². The van der Waals surface area contributed by atoms with E-state index in [1.54, 1.807) is 0 Å². The van der Waals surface area contributed by atoms with Crippen molar-refractivity contribution in [2.75, 3.05) is 19.6 Å². The molecule has 0 aromatic rings. The molecule has 1 saturated heterocycles. The van der Waals surface area contributed by atoms with Crippen LogP contribution in [0.2, 0.25) is 0 Å². The number of hydrogen-bond donors (Lipinski definition) is 1. The van der Waals surface area contributed by atoms with Crippen molar-refractivity contribution in [1.82, 2.24) is 15.1 Å². The topological polar surface area (TPSA) is 69.7 Å². The molecule has 33 heavy (non-hydrogen) atoms. The summed E-state index contributed by atoms with van der Waals surface area (Å²) in [6, 6.07) is -0.458. The van der Waals surface area contributed by atoms with Gasteiger partial charge in [-0.2, -0.15) is 0 Å². The van der Waals surface area contributed by atoms with Crippen molar-refractivity contribution < 1.29 is 14.4 Å². The second-order valence-electron chi connectivity index (χ2n) is 10.5. The summed E-state index contributed by atoms with van der Waals surface area (Å²) in [6.45, 7) is 10.0. The predicted molar refractivity (Wildman–Crippen MR) is 134 cm³/mol. The van der Waals surface area contributed by atoms with Gasteiger partial charge >= 0.3 is 0 Å². The van der Waals surface area contributed by atoms with E-state index < -0.39 is 6.04 Å². The monoisotopic (exact) mass is 463 g/mol. The highest BCUT2D eigenvalue weighted by molar-refractivity contribution is 5.88. The Morgan fingerprint density at radius 1 is 0.970 bits per heavy atom. The van der Waals surface area contributed by atoms with Crippen LogP contribution in [0.25, 0.3) is 0 Å². The minimum atomic E-state index is -0.473. The van der Waals surface area contributed by atoms with Crippen LogP contribution in [0.15, 0.2) is 0 Å². The Balaban J connectivity index is 1.84. The third kappa shape index (κ3) is 8.94. The lowest BCUT2D eigenvalue weighted by Gasteiger charge is -2.41. The molecule has 1 aliphatic heterocycles. The van der Waals surface area contributed by atoms with Crippen LogP contribution >= 0.6 is 0 Å². The average Bonchev–Trinajstić information content (AvgIpc) is 3.33. The zero-order chi connectivity index (χ0) is 24.2. The fraction of sp³-hybridized carbons (Fsp3) is 0.889. The maximum Gasteiger partial charge on any atom is 0.245 e. The van der Waals surface area contributed by atoms with E-state index in [0.717, 1.165) is 25.7 Å². The molecule has 190 valence electrons. The summed E-state index contributed by atoms with van der Waals surface area (Å²) in [7, 11) is 0. The van der Waals surface area contributed by atoms with Gasteiger partial charge in [0.05, 0.1) is 0 Å². The molecule has 0 bridgehead atoms. The molecule has 1 aliphatic carbocycles.